The van der Waals surface area contributed by atoms with Crippen LogP contribution in [0.3, 0.4) is 0 Å². The molecular weight excluding hydrogens is 799 g/mol. The molecule has 0 spiro atoms. The number of carbonyl (C=O) groups excluding carboxylic acids is 1. The van der Waals surface area contributed by atoms with Gasteiger partial charge in [0, 0.05) is 0 Å². The largest absolute Gasteiger partial charge is 0.394 e. The molecule has 0 aromatic heterocycles. The van der Waals surface area contributed by atoms with E-state index in [1.165, 1.54) is 161 Å². The van der Waals surface area contributed by atoms with Gasteiger partial charge in [-0.05, 0) is 38.5 Å². The first kappa shape index (κ1) is 59.9. The van der Waals surface area contributed by atoms with Crippen LogP contribution in [-0.4, -0.2) is 110 Å². The van der Waals surface area contributed by atoms with Crippen LogP contribution in [-0.2, 0) is 14.3 Å². The Hall–Kier alpha value is -1.15. The van der Waals surface area contributed by atoms with Gasteiger partial charge in [0.05, 0.1) is 25.4 Å². The average Bonchev–Trinajstić information content (AvgIpc) is 3.28. The van der Waals surface area contributed by atoms with Gasteiger partial charge in [-0.15, -0.1) is 0 Å². The minimum Gasteiger partial charge on any atom is -0.394 e. The zero-order valence-electron chi connectivity index (χ0n) is 40.6. The molecule has 1 rings (SSSR count). The van der Waals surface area contributed by atoms with E-state index < -0.39 is 74.2 Å². The van der Waals surface area contributed by atoms with E-state index in [2.05, 4.69) is 31.3 Å². The van der Waals surface area contributed by atoms with Gasteiger partial charge in [-0.1, -0.05) is 219 Å². The smallest absolute Gasteiger partial charge is 0.249 e. The molecule has 0 saturated carbocycles. The van der Waals surface area contributed by atoms with Gasteiger partial charge < -0.3 is 50.5 Å². The molecule has 0 radical (unpaired) electrons. The monoisotopic (exact) mass is 900 g/mol. The van der Waals surface area contributed by atoms with E-state index in [4.69, 9.17) is 9.47 Å². The van der Waals surface area contributed by atoms with Gasteiger partial charge in [0.1, 0.15) is 36.6 Å². The summed E-state index contributed by atoms with van der Waals surface area (Å²) in [5, 5.41) is 75.9. The Labute approximate surface area is 385 Å². The maximum absolute atomic E-state index is 13.1. The normalized spacial score (nSPS) is 21.2. The summed E-state index contributed by atoms with van der Waals surface area (Å²) in [5.41, 5.74) is 0. The summed E-state index contributed by atoms with van der Waals surface area (Å²) in [4.78, 5) is 13.1. The molecule has 11 nitrogen and oxygen atoms in total. The number of carbonyl (C=O) groups is 1. The highest BCUT2D eigenvalue weighted by Gasteiger charge is 2.44. The van der Waals surface area contributed by atoms with Crippen LogP contribution in [0.4, 0.5) is 0 Å². The molecule has 1 fully saturated rings. The highest BCUT2D eigenvalue weighted by molar-refractivity contribution is 5.80. The Morgan fingerprint density at radius 1 is 0.540 bits per heavy atom. The molecule has 0 bridgehead atoms. The quantitative estimate of drug-likeness (QED) is 0.0216. The van der Waals surface area contributed by atoms with Crippen molar-refractivity contribution in [1.82, 2.24) is 5.32 Å². The number of aliphatic hydroxyl groups is 7. The summed E-state index contributed by atoms with van der Waals surface area (Å²) >= 11 is 0. The lowest BCUT2D eigenvalue weighted by molar-refractivity contribution is -0.303. The third kappa shape index (κ3) is 31.5. The van der Waals surface area contributed by atoms with Crippen molar-refractivity contribution in [2.45, 2.75) is 300 Å². The molecule has 0 aliphatic carbocycles. The topological polar surface area (TPSA) is 189 Å². The molecule has 1 amide bonds. The number of hydrogen-bond donors (Lipinski definition) is 8. The maximum atomic E-state index is 13.1. The van der Waals surface area contributed by atoms with Crippen LogP contribution in [0, 0.1) is 0 Å². The summed E-state index contributed by atoms with van der Waals surface area (Å²) in [5.74, 6) is -0.699. The maximum Gasteiger partial charge on any atom is 0.249 e. The number of amides is 1. The number of ether oxygens (including phenoxy) is 2. The fourth-order valence-corrected chi connectivity index (χ4v) is 8.67. The van der Waals surface area contributed by atoms with Gasteiger partial charge in [-0.3, -0.25) is 4.79 Å². The first-order valence-corrected chi connectivity index (χ1v) is 26.6. The van der Waals surface area contributed by atoms with E-state index in [1.807, 2.05) is 0 Å². The fraction of sp³-hybridized carbons (Fsp3) is 0.942. The van der Waals surface area contributed by atoms with Crippen LogP contribution in [0.25, 0.3) is 0 Å². The van der Waals surface area contributed by atoms with Crippen molar-refractivity contribution in [2.24, 2.45) is 0 Å². The van der Waals surface area contributed by atoms with Gasteiger partial charge in [0.25, 0.3) is 0 Å². The molecule has 374 valence electrons. The van der Waals surface area contributed by atoms with Crippen LogP contribution in [0.5, 0.6) is 0 Å². The average molecular weight is 900 g/mol. The predicted molar refractivity (Wildman–Crippen MR) is 256 cm³/mol. The van der Waals surface area contributed by atoms with Gasteiger partial charge in [0.15, 0.2) is 6.29 Å². The molecule has 0 aromatic carbocycles. The van der Waals surface area contributed by atoms with Crippen molar-refractivity contribution in [1.29, 1.82) is 0 Å². The second-order valence-corrected chi connectivity index (χ2v) is 19.0. The summed E-state index contributed by atoms with van der Waals surface area (Å²) in [6, 6.07) is -1.17. The predicted octanol–water partition coefficient (Wildman–Crippen LogP) is 10.0. The Morgan fingerprint density at radius 2 is 0.921 bits per heavy atom. The standard InChI is InChI=1S/C52H101NO10/c1-3-5-7-9-11-13-15-17-19-20-21-22-23-24-25-26-28-30-32-34-36-38-40-45(56)51(61)53-43(42-62-52-50(60)49(59)48(58)46(41-54)63-52)47(57)44(55)39-37-35-33-31-29-27-18-16-14-12-10-8-6-4-2/h27,29,43-50,52,54-60H,3-26,28,30-42H2,1-2H3,(H,53,61). The zero-order valence-corrected chi connectivity index (χ0v) is 40.6. The lowest BCUT2D eigenvalue weighted by atomic mass is 9.98. The Balaban J connectivity index is 2.34. The second kappa shape index (κ2) is 42.2. The number of aliphatic hydroxyl groups excluding tert-OH is 7. The minimum absolute atomic E-state index is 0.261. The van der Waals surface area contributed by atoms with E-state index in [0.29, 0.717) is 12.8 Å². The minimum atomic E-state index is -1.66. The van der Waals surface area contributed by atoms with E-state index in [9.17, 15) is 40.5 Å². The third-order valence-corrected chi connectivity index (χ3v) is 13.1. The first-order chi connectivity index (χ1) is 30.7. The summed E-state index contributed by atoms with van der Waals surface area (Å²) in [7, 11) is 0. The van der Waals surface area contributed by atoms with E-state index >= 15 is 0 Å². The molecule has 0 aromatic rings. The lowest BCUT2D eigenvalue weighted by Crippen LogP contribution is -2.60. The molecule has 8 N–H and O–H groups in total. The van der Waals surface area contributed by atoms with Gasteiger partial charge in [0.2, 0.25) is 5.91 Å². The van der Waals surface area contributed by atoms with Crippen molar-refractivity contribution in [3.63, 3.8) is 0 Å². The molecule has 1 aliphatic rings. The number of rotatable bonds is 45. The number of nitrogens with one attached hydrogen (secondary N) is 1. The Bertz CT molecular complexity index is 1030. The van der Waals surface area contributed by atoms with Crippen molar-refractivity contribution in [2.75, 3.05) is 13.2 Å². The van der Waals surface area contributed by atoms with Crippen molar-refractivity contribution >= 4 is 5.91 Å². The second-order valence-electron chi connectivity index (χ2n) is 19.0. The van der Waals surface area contributed by atoms with Crippen molar-refractivity contribution in [3.05, 3.63) is 12.2 Å². The molecule has 63 heavy (non-hydrogen) atoms. The van der Waals surface area contributed by atoms with Gasteiger partial charge >= 0.3 is 0 Å². The van der Waals surface area contributed by atoms with E-state index in [0.717, 1.165) is 44.9 Å². The molecule has 1 heterocycles. The summed E-state index contributed by atoms with van der Waals surface area (Å²) in [6.45, 7) is 3.45. The van der Waals surface area contributed by atoms with Crippen molar-refractivity contribution in [3.8, 4) is 0 Å². The lowest BCUT2D eigenvalue weighted by Gasteiger charge is -2.40. The molecule has 9 unspecified atom stereocenters. The number of allylic oxidation sites excluding steroid dienone is 2. The Morgan fingerprint density at radius 3 is 1.35 bits per heavy atom. The van der Waals surface area contributed by atoms with Crippen LogP contribution in [0.1, 0.15) is 245 Å². The van der Waals surface area contributed by atoms with Crippen molar-refractivity contribution < 1.29 is 50.0 Å². The number of unbranched alkanes of at least 4 members (excludes halogenated alkanes) is 31. The van der Waals surface area contributed by atoms with E-state index in [1.54, 1.807) is 0 Å². The first-order valence-electron chi connectivity index (χ1n) is 26.6. The summed E-state index contributed by atoms with van der Waals surface area (Å²) in [6.07, 6.45) is 35.5. The SMILES string of the molecule is CCCCCCCCCC=CCCCCCC(O)C(O)C(COC1OC(CO)C(O)C(O)C1O)NC(=O)C(O)CCCCCCCCCCCCCCCCCCCCCCCC. The van der Waals surface area contributed by atoms with Gasteiger partial charge in [-0.25, -0.2) is 0 Å². The molecule has 1 aliphatic heterocycles. The number of hydrogen-bond acceptors (Lipinski definition) is 10. The highest BCUT2D eigenvalue weighted by atomic mass is 16.7. The molecule has 9 atom stereocenters. The van der Waals surface area contributed by atoms with E-state index in [-0.39, 0.29) is 12.8 Å². The van der Waals surface area contributed by atoms with Crippen LogP contribution >= 0.6 is 0 Å². The molecule has 1 saturated heterocycles. The van der Waals surface area contributed by atoms with Crippen LogP contribution < -0.4 is 5.32 Å². The zero-order chi connectivity index (χ0) is 46.2. The van der Waals surface area contributed by atoms with Gasteiger partial charge in [-0.2, -0.15) is 0 Å². The molecular formula is C52H101NO10. The van der Waals surface area contributed by atoms with Crippen LogP contribution in [0.15, 0.2) is 12.2 Å². The highest BCUT2D eigenvalue weighted by Crippen LogP contribution is 2.23. The fourth-order valence-electron chi connectivity index (χ4n) is 8.67. The Kier molecular flexibility index (Phi) is 40.1. The third-order valence-electron chi connectivity index (χ3n) is 13.1. The molecule has 11 heteroatoms. The summed E-state index contributed by atoms with van der Waals surface area (Å²) < 4.78 is 11.1. The van der Waals surface area contributed by atoms with Crippen LogP contribution in [0.2, 0.25) is 0 Å².